The first-order valence-corrected chi connectivity index (χ1v) is 3.98. The Hall–Kier alpha value is -0.120. The molecule has 2 aliphatic heterocycles. The van der Waals surface area contributed by atoms with E-state index < -0.39 is 0 Å². The predicted molar refractivity (Wildman–Crippen MR) is 38.1 cm³/mol. The Balaban J connectivity index is 2.09. The molecule has 3 heteroatoms. The molecule has 0 aromatic heterocycles. The molecular formula is C7H14N2O. The Bertz CT molecular complexity index is 126. The Morgan fingerprint density at radius 1 is 1.20 bits per heavy atom. The molecule has 2 aliphatic rings. The van der Waals surface area contributed by atoms with Crippen LogP contribution in [0.4, 0.5) is 0 Å². The Labute approximate surface area is 60.8 Å². The molecule has 2 saturated heterocycles. The van der Waals surface area contributed by atoms with Crippen molar-refractivity contribution in [1.82, 2.24) is 5.01 Å². The van der Waals surface area contributed by atoms with Crippen LogP contribution in [0.5, 0.6) is 0 Å². The number of aliphatic hydroxyl groups excluding tert-OH is 1. The number of fused-ring (bicyclic) bond motifs is 2. The minimum absolute atomic E-state index is 0.0858. The van der Waals surface area contributed by atoms with Gasteiger partial charge in [0, 0.05) is 12.1 Å². The van der Waals surface area contributed by atoms with Crippen LogP contribution in [0.1, 0.15) is 25.7 Å². The number of nitrogens with two attached hydrogens (primary N) is 1. The molecule has 0 aromatic rings. The average molecular weight is 142 g/mol. The van der Waals surface area contributed by atoms with E-state index in [-0.39, 0.29) is 6.10 Å². The van der Waals surface area contributed by atoms with Crippen LogP contribution in [-0.4, -0.2) is 28.3 Å². The van der Waals surface area contributed by atoms with E-state index >= 15 is 0 Å². The summed E-state index contributed by atoms with van der Waals surface area (Å²) in [6, 6.07) is 0.933. The number of rotatable bonds is 0. The van der Waals surface area contributed by atoms with E-state index in [2.05, 4.69) is 0 Å². The number of aliphatic hydroxyl groups is 1. The van der Waals surface area contributed by atoms with Gasteiger partial charge in [0.15, 0.2) is 0 Å². The van der Waals surface area contributed by atoms with Gasteiger partial charge in [-0.2, -0.15) is 0 Å². The number of hydrogen-bond acceptors (Lipinski definition) is 3. The fourth-order valence-corrected chi connectivity index (χ4v) is 2.18. The van der Waals surface area contributed by atoms with Gasteiger partial charge in [0.05, 0.1) is 6.10 Å². The average Bonchev–Trinajstić information content (AvgIpc) is 2.20. The number of piperidine rings is 1. The molecule has 0 aromatic carbocycles. The maximum atomic E-state index is 9.33. The van der Waals surface area contributed by atoms with E-state index in [0.717, 1.165) is 12.8 Å². The second-order valence-corrected chi connectivity index (χ2v) is 3.46. The Morgan fingerprint density at radius 3 is 2.20 bits per heavy atom. The van der Waals surface area contributed by atoms with E-state index in [0.29, 0.717) is 12.1 Å². The summed E-state index contributed by atoms with van der Waals surface area (Å²) in [6.07, 6.45) is 4.04. The van der Waals surface area contributed by atoms with Crippen LogP contribution in [0.25, 0.3) is 0 Å². The van der Waals surface area contributed by atoms with Crippen LogP contribution in [0.15, 0.2) is 0 Å². The van der Waals surface area contributed by atoms with Gasteiger partial charge >= 0.3 is 0 Å². The van der Waals surface area contributed by atoms with Crippen LogP contribution in [-0.2, 0) is 0 Å². The van der Waals surface area contributed by atoms with E-state index in [1.807, 2.05) is 5.01 Å². The van der Waals surface area contributed by atoms with Crippen LogP contribution < -0.4 is 5.84 Å². The second kappa shape index (κ2) is 2.19. The molecule has 2 heterocycles. The summed E-state index contributed by atoms with van der Waals surface area (Å²) in [5, 5.41) is 11.3. The van der Waals surface area contributed by atoms with Crippen molar-refractivity contribution in [2.75, 3.05) is 0 Å². The highest BCUT2D eigenvalue weighted by atomic mass is 16.3. The highest BCUT2D eigenvalue weighted by Gasteiger charge is 2.38. The van der Waals surface area contributed by atoms with E-state index in [4.69, 9.17) is 5.84 Å². The molecule has 0 saturated carbocycles. The van der Waals surface area contributed by atoms with Gasteiger partial charge in [0.25, 0.3) is 0 Å². The zero-order chi connectivity index (χ0) is 7.14. The molecule has 0 aliphatic carbocycles. The number of hydrazine groups is 1. The minimum atomic E-state index is -0.0858. The highest BCUT2D eigenvalue weighted by Crippen LogP contribution is 2.32. The van der Waals surface area contributed by atoms with E-state index in [1.165, 1.54) is 12.8 Å². The largest absolute Gasteiger partial charge is 0.393 e. The lowest BCUT2D eigenvalue weighted by atomic mass is 10.0. The molecule has 0 amide bonds. The van der Waals surface area contributed by atoms with Crippen molar-refractivity contribution in [1.29, 1.82) is 0 Å². The fraction of sp³-hybridized carbons (Fsp3) is 1.00. The quantitative estimate of drug-likeness (QED) is 0.462. The molecule has 2 unspecified atom stereocenters. The maximum absolute atomic E-state index is 9.33. The second-order valence-electron chi connectivity index (χ2n) is 3.46. The molecular weight excluding hydrogens is 128 g/mol. The van der Waals surface area contributed by atoms with Crippen molar-refractivity contribution in [3.8, 4) is 0 Å². The number of nitrogens with zero attached hydrogens (tertiary/aromatic N) is 1. The maximum Gasteiger partial charge on any atom is 0.0571 e. The lowest BCUT2D eigenvalue weighted by molar-refractivity contribution is 0.0353. The van der Waals surface area contributed by atoms with Gasteiger partial charge in [0.1, 0.15) is 0 Å². The molecule has 0 radical (unpaired) electrons. The highest BCUT2D eigenvalue weighted by molar-refractivity contribution is 4.92. The molecule has 2 atom stereocenters. The first-order valence-electron chi connectivity index (χ1n) is 3.98. The lowest BCUT2D eigenvalue weighted by Gasteiger charge is -2.33. The third-order valence-corrected chi connectivity index (χ3v) is 2.76. The molecule has 2 fully saturated rings. The van der Waals surface area contributed by atoms with Crippen molar-refractivity contribution in [3.05, 3.63) is 0 Å². The standard InChI is InChI=1S/C7H14N2O/c8-9-5-1-2-6(9)4-7(10)3-5/h5-7,10H,1-4,8H2. The smallest absolute Gasteiger partial charge is 0.0571 e. The summed E-state index contributed by atoms with van der Waals surface area (Å²) in [5.74, 6) is 5.77. The van der Waals surface area contributed by atoms with Gasteiger partial charge in [-0.15, -0.1) is 0 Å². The van der Waals surface area contributed by atoms with E-state index in [1.54, 1.807) is 0 Å². The Morgan fingerprint density at radius 2 is 1.70 bits per heavy atom. The molecule has 0 spiro atoms. The van der Waals surface area contributed by atoms with Gasteiger partial charge < -0.3 is 5.11 Å². The SMILES string of the molecule is NN1C2CCC1CC(O)C2. The Kier molecular flexibility index (Phi) is 1.44. The molecule has 2 rings (SSSR count). The lowest BCUT2D eigenvalue weighted by Crippen LogP contribution is -2.48. The van der Waals surface area contributed by atoms with Crippen LogP contribution in [0.3, 0.4) is 0 Å². The van der Waals surface area contributed by atoms with Crippen LogP contribution >= 0.6 is 0 Å². The summed E-state index contributed by atoms with van der Waals surface area (Å²) < 4.78 is 0. The normalized spacial score (nSPS) is 48.0. The molecule has 3 N–H and O–H groups in total. The van der Waals surface area contributed by atoms with Crippen LogP contribution in [0, 0.1) is 0 Å². The van der Waals surface area contributed by atoms with Gasteiger partial charge in [-0.05, 0) is 25.7 Å². The summed E-state index contributed by atoms with van der Waals surface area (Å²) in [4.78, 5) is 0. The van der Waals surface area contributed by atoms with Crippen molar-refractivity contribution in [2.45, 2.75) is 43.9 Å². The monoisotopic (exact) mass is 142 g/mol. The van der Waals surface area contributed by atoms with Gasteiger partial charge in [-0.1, -0.05) is 0 Å². The van der Waals surface area contributed by atoms with Crippen molar-refractivity contribution in [3.63, 3.8) is 0 Å². The first-order chi connectivity index (χ1) is 4.77. The van der Waals surface area contributed by atoms with Gasteiger partial charge in [0.2, 0.25) is 0 Å². The third kappa shape index (κ3) is 0.856. The van der Waals surface area contributed by atoms with E-state index in [9.17, 15) is 5.11 Å². The molecule has 58 valence electrons. The number of hydrogen-bond donors (Lipinski definition) is 2. The minimum Gasteiger partial charge on any atom is -0.393 e. The van der Waals surface area contributed by atoms with Crippen molar-refractivity contribution in [2.24, 2.45) is 5.84 Å². The third-order valence-electron chi connectivity index (χ3n) is 2.76. The summed E-state index contributed by atoms with van der Waals surface area (Å²) >= 11 is 0. The van der Waals surface area contributed by atoms with Crippen LogP contribution in [0.2, 0.25) is 0 Å². The summed E-state index contributed by atoms with van der Waals surface area (Å²) in [7, 11) is 0. The zero-order valence-electron chi connectivity index (χ0n) is 6.03. The predicted octanol–water partition coefficient (Wildman–Crippen LogP) is -0.152. The van der Waals surface area contributed by atoms with Crippen molar-refractivity contribution < 1.29 is 5.11 Å². The topological polar surface area (TPSA) is 49.5 Å². The van der Waals surface area contributed by atoms with Crippen molar-refractivity contribution >= 4 is 0 Å². The van der Waals surface area contributed by atoms with Gasteiger partial charge in [-0.25, -0.2) is 5.01 Å². The first kappa shape index (κ1) is 6.58. The molecule has 2 bridgehead atoms. The molecule has 10 heavy (non-hydrogen) atoms. The zero-order valence-corrected chi connectivity index (χ0v) is 6.03. The molecule has 3 nitrogen and oxygen atoms in total. The summed E-state index contributed by atoms with van der Waals surface area (Å²) in [5.41, 5.74) is 0. The fourth-order valence-electron chi connectivity index (χ4n) is 2.18. The summed E-state index contributed by atoms with van der Waals surface area (Å²) in [6.45, 7) is 0. The van der Waals surface area contributed by atoms with Gasteiger partial charge in [-0.3, -0.25) is 5.84 Å².